The molecule has 0 nitrogen and oxygen atoms in total. The number of hydrogen-bond acceptors (Lipinski definition) is 0. The predicted molar refractivity (Wildman–Crippen MR) is 127 cm³/mol. The van der Waals surface area contributed by atoms with E-state index in [-0.39, 0.29) is 0 Å². The lowest BCUT2D eigenvalue weighted by atomic mass is 9.97. The van der Waals surface area contributed by atoms with Crippen molar-refractivity contribution in [1.29, 1.82) is 0 Å². The molecule has 3 rings (SSSR count). The Kier molecular flexibility index (Phi) is 5.69. The largest absolute Gasteiger partial charge is 0.146 e. The summed E-state index contributed by atoms with van der Waals surface area (Å²) in [6.07, 6.45) is 5.74. The van der Waals surface area contributed by atoms with Crippen LogP contribution in [0.2, 0.25) is 16.6 Å². The van der Waals surface area contributed by atoms with Crippen LogP contribution < -0.4 is 0 Å². The topological polar surface area (TPSA) is 0 Å². The Balaban J connectivity index is 2.26. The van der Waals surface area contributed by atoms with E-state index in [1.165, 1.54) is 16.2 Å². The van der Waals surface area contributed by atoms with Gasteiger partial charge in [-0.1, -0.05) is 77.6 Å². The molecule has 3 aromatic rings. The van der Waals surface area contributed by atoms with E-state index in [2.05, 4.69) is 95.3 Å². The average molecular weight is 383 g/mol. The molecule has 0 spiro atoms. The molecule has 1 heteroatoms. The second kappa shape index (κ2) is 7.87. The van der Waals surface area contributed by atoms with E-state index in [4.69, 9.17) is 6.42 Å². The number of hydrogen-bond donors (Lipinski definition) is 0. The lowest BCUT2D eigenvalue weighted by Gasteiger charge is -2.38. The lowest BCUT2D eigenvalue weighted by molar-refractivity contribution is 0.838. The summed E-state index contributed by atoms with van der Waals surface area (Å²) in [4.78, 5) is 0. The van der Waals surface area contributed by atoms with Crippen LogP contribution in [0, 0.1) is 23.8 Å². The second-order valence-corrected chi connectivity index (χ2v) is 14.3. The molecule has 0 aliphatic carbocycles. The van der Waals surface area contributed by atoms with Crippen LogP contribution in [0.15, 0.2) is 48.5 Å². The van der Waals surface area contributed by atoms with Crippen LogP contribution in [0.5, 0.6) is 0 Å². The van der Waals surface area contributed by atoms with Gasteiger partial charge in [-0.15, -0.1) is 12.0 Å². The zero-order valence-electron chi connectivity index (χ0n) is 17.9. The van der Waals surface area contributed by atoms with Gasteiger partial charge >= 0.3 is 0 Å². The summed E-state index contributed by atoms with van der Waals surface area (Å²) in [6, 6.07) is 17.1. The van der Waals surface area contributed by atoms with Crippen LogP contribution in [0.1, 0.15) is 52.7 Å². The minimum Gasteiger partial charge on any atom is -0.125 e. The molecule has 0 aliphatic heterocycles. The normalized spacial score (nSPS) is 11.9. The Hall–Kier alpha value is -2.48. The average Bonchev–Trinajstić information content (AvgIpc) is 2.65. The zero-order chi connectivity index (χ0) is 20.5. The van der Waals surface area contributed by atoms with Crippen molar-refractivity contribution in [2.24, 2.45) is 0 Å². The Morgan fingerprint density at radius 3 is 1.71 bits per heavy atom. The first-order valence-electron chi connectivity index (χ1n) is 10.3. The molecule has 0 unspecified atom stereocenters. The molecule has 0 atom stereocenters. The summed E-state index contributed by atoms with van der Waals surface area (Å²) < 4.78 is 0. The molecule has 142 valence electrons. The highest BCUT2D eigenvalue weighted by Gasteiger charge is 2.41. The molecule has 0 radical (unpaired) electrons. The van der Waals surface area contributed by atoms with E-state index in [0.29, 0.717) is 16.6 Å². The summed E-state index contributed by atoms with van der Waals surface area (Å²) in [6.45, 7) is 14.1. The maximum absolute atomic E-state index is 5.74. The number of terminal acetylenes is 1. The summed E-state index contributed by atoms with van der Waals surface area (Å²) >= 11 is 0. The molecule has 0 bridgehead atoms. The van der Waals surface area contributed by atoms with Crippen LogP contribution in [0.4, 0.5) is 0 Å². The number of fused-ring (bicyclic) bond motifs is 2. The van der Waals surface area contributed by atoms with Gasteiger partial charge in [-0.3, -0.25) is 0 Å². The van der Waals surface area contributed by atoms with Gasteiger partial charge in [0.25, 0.3) is 0 Å². The SMILES string of the molecule is C#Cc1cccc2cc3cccc(C#C[Si](C(C)C)(C(C)C)C(C)C)c3cc12. The lowest BCUT2D eigenvalue weighted by Crippen LogP contribution is -2.43. The smallest absolute Gasteiger partial charge is 0.125 e. The van der Waals surface area contributed by atoms with Crippen molar-refractivity contribution in [3.8, 4) is 23.8 Å². The monoisotopic (exact) mass is 382 g/mol. The van der Waals surface area contributed by atoms with Crippen molar-refractivity contribution in [2.75, 3.05) is 0 Å². The third-order valence-electron chi connectivity index (χ3n) is 6.31. The Morgan fingerprint density at radius 1 is 0.714 bits per heavy atom. The minimum atomic E-state index is -1.76. The summed E-state index contributed by atoms with van der Waals surface area (Å²) in [5, 5.41) is 4.74. The van der Waals surface area contributed by atoms with Crippen LogP contribution in [-0.4, -0.2) is 8.07 Å². The van der Waals surface area contributed by atoms with E-state index < -0.39 is 8.07 Å². The van der Waals surface area contributed by atoms with Gasteiger partial charge in [0.1, 0.15) is 8.07 Å². The maximum Gasteiger partial charge on any atom is 0.146 e. The highest BCUT2D eigenvalue weighted by molar-refractivity contribution is 6.90. The van der Waals surface area contributed by atoms with Crippen LogP contribution in [0.25, 0.3) is 21.5 Å². The van der Waals surface area contributed by atoms with Gasteiger partial charge in [-0.05, 0) is 62.4 Å². The molecule has 0 aromatic heterocycles. The first kappa shape index (κ1) is 20.3. The van der Waals surface area contributed by atoms with Crippen molar-refractivity contribution in [3.05, 3.63) is 59.7 Å². The van der Waals surface area contributed by atoms with Crippen LogP contribution >= 0.6 is 0 Å². The zero-order valence-corrected chi connectivity index (χ0v) is 18.9. The van der Waals surface area contributed by atoms with Gasteiger partial charge in [0.15, 0.2) is 0 Å². The van der Waals surface area contributed by atoms with Gasteiger partial charge < -0.3 is 0 Å². The van der Waals surface area contributed by atoms with Crippen molar-refractivity contribution >= 4 is 29.6 Å². The molecule has 0 aliphatic rings. The first-order chi connectivity index (χ1) is 13.3. The first-order valence-corrected chi connectivity index (χ1v) is 12.5. The van der Waals surface area contributed by atoms with E-state index in [9.17, 15) is 0 Å². The highest BCUT2D eigenvalue weighted by atomic mass is 28.3. The van der Waals surface area contributed by atoms with Crippen LogP contribution in [0.3, 0.4) is 0 Å². The van der Waals surface area contributed by atoms with E-state index >= 15 is 0 Å². The van der Waals surface area contributed by atoms with E-state index in [1.54, 1.807) is 0 Å². The van der Waals surface area contributed by atoms with E-state index in [0.717, 1.165) is 16.5 Å². The van der Waals surface area contributed by atoms with Gasteiger partial charge in [-0.25, -0.2) is 0 Å². The molecule has 28 heavy (non-hydrogen) atoms. The molecular formula is C27H30Si. The molecule has 0 heterocycles. The maximum atomic E-state index is 5.74. The fourth-order valence-corrected chi connectivity index (χ4v) is 10.1. The predicted octanol–water partition coefficient (Wildman–Crippen LogP) is 7.54. The molecule has 0 saturated heterocycles. The van der Waals surface area contributed by atoms with Crippen molar-refractivity contribution in [1.82, 2.24) is 0 Å². The van der Waals surface area contributed by atoms with Gasteiger partial charge in [0.2, 0.25) is 0 Å². The number of benzene rings is 3. The Bertz CT molecular complexity index is 1090. The highest BCUT2D eigenvalue weighted by Crippen LogP contribution is 2.41. The standard InChI is InChI=1S/C27H30Si/c1-8-22-11-9-13-24-17-25-14-10-12-23(27(25)18-26(22)24)15-16-28(19(2)3,20(4)5)21(6)7/h1,9-14,17-21H,2-7H3. The van der Waals surface area contributed by atoms with Gasteiger partial charge in [0, 0.05) is 11.1 Å². The Morgan fingerprint density at radius 2 is 1.21 bits per heavy atom. The number of rotatable bonds is 3. The molecule has 0 N–H and O–H groups in total. The van der Waals surface area contributed by atoms with Gasteiger partial charge in [0.05, 0.1) is 0 Å². The summed E-state index contributed by atoms with van der Waals surface area (Å²) in [5.41, 5.74) is 7.81. The summed E-state index contributed by atoms with van der Waals surface area (Å²) in [5.74, 6) is 6.46. The molecular weight excluding hydrogens is 352 g/mol. The summed E-state index contributed by atoms with van der Waals surface area (Å²) in [7, 11) is -1.76. The second-order valence-electron chi connectivity index (χ2n) is 8.70. The minimum absolute atomic E-state index is 0.629. The van der Waals surface area contributed by atoms with Crippen molar-refractivity contribution in [3.63, 3.8) is 0 Å². The Labute approximate surface area is 171 Å². The molecule has 0 amide bonds. The third kappa shape index (κ3) is 3.37. The van der Waals surface area contributed by atoms with Crippen LogP contribution in [-0.2, 0) is 0 Å². The van der Waals surface area contributed by atoms with Crippen molar-refractivity contribution in [2.45, 2.75) is 58.2 Å². The van der Waals surface area contributed by atoms with Crippen molar-refractivity contribution < 1.29 is 0 Å². The fourth-order valence-electron chi connectivity index (χ4n) is 4.90. The van der Waals surface area contributed by atoms with Gasteiger partial charge in [-0.2, -0.15) is 0 Å². The fraction of sp³-hybridized carbons (Fsp3) is 0.333. The van der Waals surface area contributed by atoms with E-state index in [1.807, 2.05) is 12.1 Å². The molecule has 0 saturated carbocycles. The third-order valence-corrected chi connectivity index (χ3v) is 12.6. The molecule has 0 fully saturated rings. The molecule has 3 aromatic carbocycles. The quantitative estimate of drug-likeness (QED) is 0.249.